The number of aryl methyl sites for hydroxylation is 5. The molecule has 0 fully saturated rings. The SMILES string of the molecule is Cc1cc(C)c(-c2cc(C)c(OP(=O)(OCCC[C@H](OS(=O)(=O)c3ccc([N+](=O)[O-])cc3)C(=O)OC(C)(C)C)OC(C)(C)C)cc2C)c(C)c1. The highest BCUT2D eigenvalue weighted by atomic mass is 32.2. The Morgan fingerprint density at radius 3 is 1.96 bits per heavy atom. The summed E-state index contributed by atoms with van der Waals surface area (Å²) in [6.45, 7) is 19.7. The number of hydrogen-bond donors (Lipinski definition) is 0. The highest BCUT2D eigenvalue weighted by molar-refractivity contribution is 7.86. The van der Waals surface area contributed by atoms with Crippen molar-refractivity contribution in [3.8, 4) is 16.9 Å². The Balaban J connectivity index is 1.82. The molecule has 0 saturated carbocycles. The van der Waals surface area contributed by atoms with Crippen molar-refractivity contribution >= 4 is 29.6 Å². The van der Waals surface area contributed by atoms with Crippen molar-refractivity contribution in [2.45, 2.75) is 111 Å². The number of phosphoric acid groups is 1. The van der Waals surface area contributed by atoms with Crippen molar-refractivity contribution in [1.29, 1.82) is 0 Å². The minimum Gasteiger partial charge on any atom is -0.458 e. The van der Waals surface area contributed by atoms with Crippen LogP contribution in [0.3, 0.4) is 0 Å². The van der Waals surface area contributed by atoms with Gasteiger partial charge in [-0.2, -0.15) is 8.42 Å². The summed E-state index contributed by atoms with van der Waals surface area (Å²) < 4.78 is 68.4. The van der Waals surface area contributed by atoms with Gasteiger partial charge in [0, 0.05) is 12.1 Å². The average molecular weight is 734 g/mol. The molecule has 3 aromatic carbocycles. The van der Waals surface area contributed by atoms with Crippen LogP contribution < -0.4 is 4.52 Å². The van der Waals surface area contributed by atoms with Gasteiger partial charge in [0.25, 0.3) is 15.8 Å². The number of non-ortho nitro benzene ring substituents is 1. The Hall–Kier alpha value is -3.61. The molecule has 50 heavy (non-hydrogen) atoms. The number of nitro groups is 1. The number of phosphoric ester groups is 1. The summed E-state index contributed by atoms with van der Waals surface area (Å²) in [6.07, 6.45) is -1.82. The molecule has 12 nitrogen and oxygen atoms in total. The van der Waals surface area contributed by atoms with Crippen LogP contribution in [0.2, 0.25) is 0 Å². The Morgan fingerprint density at radius 2 is 1.44 bits per heavy atom. The second kappa shape index (κ2) is 15.7. The Morgan fingerprint density at radius 1 is 0.860 bits per heavy atom. The normalized spacial score (nSPS) is 14.1. The molecule has 0 spiro atoms. The van der Waals surface area contributed by atoms with Crippen LogP contribution in [-0.2, 0) is 37.4 Å². The summed E-state index contributed by atoms with van der Waals surface area (Å²) in [5.74, 6) is -0.635. The highest BCUT2D eigenvalue weighted by Gasteiger charge is 2.36. The number of benzene rings is 3. The zero-order chi connectivity index (χ0) is 37.8. The molecule has 0 aliphatic carbocycles. The zero-order valence-electron chi connectivity index (χ0n) is 30.6. The van der Waals surface area contributed by atoms with Gasteiger partial charge in [0.05, 0.1) is 22.0 Å². The first-order valence-corrected chi connectivity index (χ1v) is 19.0. The predicted molar refractivity (Wildman–Crippen MR) is 191 cm³/mol. The van der Waals surface area contributed by atoms with E-state index in [9.17, 15) is 27.9 Å². The monoisotopic (exact) mass is 733 g/mol. The maximum absolute atomic E-state index is 14.1. The Bertz CT molecular complexity index is 1850. The summed E-state index contributed by atoms with van der Waals surface area (Å²) in [5.41, 5.74) is 4.98. The number of ether oxygens (including phenoxy) is 1. The molecule has 0 radical (unpaired) electrons. The molecule has 14 heteroatoms. The fraction of sp³-hybridized carbons (Fsp3) is 0.472. The number of esters is 1. The number of rotatable bonds is 14. The maximum Gasteiger partial charge on any atom is 0.530 e. The molecule has 0 N–H and O–H groups in total. The summed E-state index contributed by atoms with van der Waals surface area (Å²) in [7, 11) is -8.81. The lowest BCUT2D eigenvalue weighted by atomic mass is 9.90. The summed E-state index contributed by atoms with van der Waals surface area (Å²) in [4.78, 5) is 23.0. The lowest BCUT2D eigenvalue weighted by Gasteiger charge is -2.27. The smallest absolute Gasteiger partial charge is 0.458 e. The molecule has 0 saturated heterocycles. The van der Waals surface area contributed by atoms with Gasteiger partial charge in [-0.25, -0.2) is 9.36 Å². The van der Waals surface area contributed by atoms with E-state index >= 15 is 0 Å². The van der Waals surface area contributed by atoms with E-state index in [-0.39, 0.29) is 30.0 Å². The lowest BCUT2D eigenvalue weighted by Crippen LogP contribution is -2.35. The minimum absolute atomic E-state index is 0.0104. The molecule has 0 aliphatic heterocycles. The lowest BCUT2D eigenvalue weighted by molar-refractivity contribution is -0.384. The topological polar surface area (TPSA) is 158 Å². The standard InChI is InChI=1S/C36H48NO11PS/c1-23-19-26(4)33(27(5)20-23)30-21-25(3)32(22-24(30)2)46-49(41,48-36(9,10)11)44-18-12-13-31(34(38)45-35(6,7)8)47-50(42,43)29-16-14-28(15-17-29)37(39)40/h14-17,19-22,31H,12-13,18H2,1-11H3/t31-,49?/m0/s1. The predicted octanol–water partition coefficient (Wildman–Crippen LogP) is 9.02. The van der Waals surface area contributed by atoms with Gasteiger partial charge in [0.2, 0.25) is 0 Å². The van der Waals surface area contributed by atoms with E-state index in [0.29, 0.717) is 11.3 Å². The fourth-order valence-electron chi connectivity index (χ4n) is 5.25. The summed E-state index contributed by atoms with van der Waals surface area (Å²) in [5, 5.41) is 11.0. The number of hydrogen-bond acceptors (Lipinski definition) is 11. The third-order valence-corrected chi connectivity index (χ3v) is 10.2. The first kappa shape index (κ1) is 40.8. The van der Waals surface area contributed by atoms with E-state index in [1.54, 1.807) is 47.6 Å². The summed E-state index contributed by atoms with van der Waals surface area (Å²) >= 11 is 0. The van der Waals surface area contributed by atoms with Crippen LogP contribution in [0.1, 0.15) is 82.2 Å². The first-order valence-electron chi connectivity index (χ1n) is 16.1. The molecule has 3 aromatic rings. The molecule has 0 heterocycles. The number of nitrogens with zero attached hydrogens (tertiary/aromatic N) is 1. The molecule has 2 atom stereocenters. The van der Waals surface area contributed by atoms with Crippen LogP contribution >= 0.6 is 7.82 Å². The third-order valence-electron chi connectivity index (χ3n) is 7.17. The van der Waals surface area contributed by atoms with Crippen molar-refractivity contribution in [2.75, 3.05) is 6.61 Å². The van der Waals surface area contributed by atoms with Crippen molar-refractivity contribution < 1.29 is 45.2 Å². The van der Waals surface area contributed by atoms with Crippen molar-refractivity contribution in [2.24, 2.45) is 0 Å². The Labute approximate surface area is 295 Å². The molecule has 3 rings (SSSR count). The van der Waals surface area contributed by atoms with Gasteiger partial charge in [0.15, 0.2) is 6.10 Å². The van der Waals surface area contributed by atoms with E-state index in [2.05, 4.69) is 32.9 Å². The van der Waals surface area contributed by atoms with Crippen LogP contribution in [-0.4, -0.2) is 43.2 Å². The Kier molecular flexibility index (Phi) is 12.8. The quantitative estimate of drug-likeness (QED) is 0.0389. The number of nitro benzene ring substituents is 1. The van der Waals surface area contributed by atoms with Crippen molar-refractivity contribution in [3.05, 3.63) is 86.5 Å². The van der Waals surface area contributed by atoms with Gasteiger partial charge in [0.1, 0.15) is 11.4 Å². The fourth-order valence-corrected chi connectivity index (χ4v) is 7.92. The molecule has 0 bridgehead atoms. The molecular formula is C36H48NO11PS. The highest BCUT2D eigenvalue weighted by Crippen LogP contribution is 2.53. The molecule has 0 amide bonds. The average Bonchev–Trinajstić information content (AvgIpc) is 2.94. The number of carbonyl (C=O) groups is 1. The molecule has 0 aromatic heterocycles. The van der Waals surface area contributed by atoms with E-state index in [1.807, 2.05) is 19.9 Å². The van der Waals surface area contributed by atoms with Crippen molar-refractivity contribution in [1.82, 2.24) is 0 Å². The zero-order valence-corrected chi connectivity index (χ0v) is 32.3. The first-order chi connectivity index (χ1) is 22.9. The molecular weight excluding hydrogens is 685 g/mol. The van der Waals surface area contributed by atoms with Gasteiger partial charge in [-0.3, -0.25) is 23.3 Å². The van der Waals surface area contributed by atoms with Crippen LogP contribution in [0.5, 0.6) is 5.75 Å². The molecule has 0 aliphatic rings. The van der Waals surface area contributed by atoms with Crippen LogP contribution in [0, 0.1) is 44.7 Å². The summed E-state index contributed by atoms with van der Waals surface area (Å²) in [6, 6.07) is 12.1. The van der Waals surface area contributed by atoms with Crippen LogP contribution in [0.4, 0.5) is 5.69 Å². The third kappa shape index (κ3) is 11.5. The van der Waals surface area contributed by atoms with Gasteiger partial charge >= 0.3 is 13.8 Å². The van der Waals surface area contributed by atoms with E-state index in [4.69, 9.17) is 22.5 Å². The second-order valence-electron chi connectivity index (χ2n) is 14.2. The van der Waals surface area contributed by atoms with E-state index in [0.717, 1.165) is 52.1 Å². The van der Waals surface area contributed by atoms with Gasteiger partial charge < -0.3 is 9.26 Å². The van der Waals surface area contributed by atoms with Crippen molar-refractivity contribution in [3.63, 3.8) is 0 Å². The minimum atomic E-state index is -4.54. The van der Waals surface area contributed by atoms with E-state index in [1.165, 1.54) is 5.56 Å². The van der Waals surface area contributed by atoms with Crippen LogP contribution in [0.25, 0.3) is 11.1 Å². The van der Waals surface area contributed by atoms with Gasteiger partial charge in [-0.1, -0.05) is 17.7 Å². The molecule has 1 unspecified atom stereocenters. The van der Waals surface area contributed by atoms with Crippen LogP contribution in [0.15, 0.2) is 53.4 Å². The van der Waals surface area contributed by atoms with Gasteiger partial charge in [-0.05, 0) is 147 Å². The van der Waals surface area contributed by atoms with E-state index < -0.39 is 46.1 Å². The van der Waals surface area contributed by atoms with Gasteiger partial charge in [-0.15, -0.1) is 0 Å². The second-order valence-corrected chi connectivity index (χ2v) is 17.3. The largest absolute Gasteiger partial charge is 0.530 e. The molecule has 274 valence electrons. The number of carbonyl (C=O) groups excluding carboxylic acids is 1. The maximum atomic E-state index is 14.1.